The molecule has 1 aromatic rings. The molecule has 2 heterocycles. The third-order valence-corrected chi connectivity index (χ3v) is 3.20. The molecule has 0 bridgehead atoms. The van der Waals surface area contributed by atoms with Gasteiger partial charge in [-0.15, -0.1) is 0 Å². The normalized spacial score (nSPS) is 21.7. The van der Waals surface area contributed by atoms with E-state index in [1.807, 2.05) is 0 Å². The Hall–Kier alpha value is -0.880. The van der Waals surface area contributed by atoms with Crippen LogP contribution in [0.25, 0.3) is 0 Å². The van der Waals surface area contributed by atoms with Crippen molar-refractivity contribution in [2.45, 2.75) is 13.0 Å². The van der Waals surface area contributed by atoms with Crippen LogP contribution in [0.15, 0.2) is 10.8 Å². The third kappa shape index (κ3) is 2.05. The molecular formula is C9H13BrN4O. The van der Waals surface area contributed by atoms with E-state index in [1.165, 1.54) is 6.33 Å². The first-order valence-electron chi connectivity index (χ1n) is 4.80. The molecule has 0 aromatic carbocycles. The van der Waals surface area contributed by atoms with E-state index in [0.717, 1.165) is 30.0 Å². The quantitative estimate of drug-likeness (QED) is 0.828. The molecule has 1 aromatic heterocycles. The highest BCUT2D eigenvalue weighted by molar-refractivity contribution is 9.10. The first kappa shape index (κ1) is 10.6. The molecule has 0 radical (unpaired) electrons. The maximum atomic E-state index is 5.72. The van der Waals surface area contributed by atoms with Gasteiger partial charge in [0.05, 0.1) is 19.3 Å². The van der Waals surface area contributed by atoms with Gasteiger partial charge in [0, 0.05) is 6.54 Å². The fourth-order valence-corrected chi connectivity index (χ4v) is 2.05. The van der Waals surface area contributed by atoms with Crippen molar-refractivity contribution >= 4 is 27.6 Å². The van der Waals surface area contributed by atoms with Crippen LogP contribution in [0.5, 0.6) is 0 Å². The predicted molar refractivity (Wildman–Crippen MR) is 61.8 cm³/mol. The van der Waals surface area contributed by atoms with Gasteiger partial charge < -0.3 is 15.4 Å². The average Bonchev–Trinajstić information content (AvgIpc) is 2.23. The molecule has 2 rings (SSSR count). The van der Waals surface area contributed by atoms with Gasteiger partial charge in [-0.05, 0) is 22.9 Å². The zero-order valence-electron chi connectivity index (χ0n) is 8.48. The van der Waals surface area contributed by atoms with E-state index in [2.05, 4.69) is 37.7 Å². The van der Waals surface area contributed by atoms with Gasteiger partial charge in [-0.3, -0.25) is 0 Å². The highest BCUT2D eigenvalue weighted by Gasteiger charge is 2.22. The van der Waals surface area contributed by atoms with Gasteiger partial charge in [-0.1, -0.05) is 0 Å². The lowest BCUT2D eigenvalue weighted by Crippen LogP contribution is -2.44. The lowest BCUT2D eigenvalue weighted by molar-refractivity contribution is 0.0984. The van der Waals surface area contributed by atoms with Crippen molar-refractivity contribution in [2.24, 2.45) is 0 Å². The number of anilines is 2. The van der Waals surface area contributed by atoms with Gasteiger partial charge in [0.2, 0.25) is 0 Å². The topological polar surface area (TPSA) is 64.3 Å². The Bertz CT molecular complexity index is 360. The van der Waals surface area contributed by atoms with Crippen LogP contribution >= 0.6 is 15.9 Å². The molecule has 1 fully saturated rings. The molecular weight excluding hydrogens is 260 g/mol. The maximum absolute atomic E-state index is 5.72. The molecule has 0 saturated carbocycles. The Kier molecular flexibility index (Phi) is 3.06. The molecule has 1 aliphatic rings. The molecule has 15 heavy (non-hydrogen) atoms. The summed E-state index contributed by atoms with van der Waals surface area (Å²) in [5.74, 6) is 1.32. The van der Waals surface area contributed by atoms with E-state index in [0.29, 0.717) is 11.9 Å². The van der Waals surface area contributed by atoms with Crippen LogP contribution in [0.4, 0.5) is 11.6 Å². The number of aromatic nitrogens is 2. The van der Waals surface area contributed by atoms with Crippen molar-refractivity contribution in [1.82, 2.24) is 9.97 Å². The molecule has 2 N–H and O–H groups in total. The van der Waals surface area contributed by atoms with Crippen LogP contribution in [-0.2, 0) is 4.74 Å². The number of morpholine rings is 1. The summed E-state index contributed by atoms with van der Waals surface area (Å²) in [4.78, 5) is 10.3. The SMILES string of the molecule is CC1COCCN1c1ncnc(N)c1Br. The Morgan fingerprint density at radius 3 is 3.13 bits per heavy atom. The first-order valence-corrected chi connectivity index (χ1v) is 5.60. The zero-order chi connectivity index (χ0) is 10.8. The molecule has 1 atom stereocenters. The minimum Gasteiger partial charge on any atom is -0.383 e. The molecule has 0 amide bonds. The average molecular weight is 273 g/mol. The van der Waals surface area contributed by atoms with Crippen molar-refractivity contribution in [3.05, 3.63) is 10.8 Å². The maximum Gasteiger partial charge on any atom is 0.148 e. The minimum absolute atomic E-state index is 0.310. The van der Waals surface area contributed by atoms with E-state index in [1.54, 1.807) is 0 Å². The highest BCUT2D eigenvalue weighted by atomic mass is 79.9. The van der Waals surface area contributed by atoms with E-state index in [4.69, 9.17) is 10.5 Å². The van der Waals surface area contributed by atoms with Gasteiger partial charge in [0.15, 0.2) is 0 Å². The van der Waals surface area contributed by atoms with Gasteiger partial charge in [0.1, 0.15) is 22.4 Å². The molecule has 6 heteroatoms. The summed E-state index contributed by atoms with van der Waals surface area (Å²) in [5.41, 5.74) is 5.72. The lowest BCUT2D eigenvalue weighted by atomic mass is 10.2. The molecule has 0 aliphatic carbocycles. The van der Waals surface area contributed by atoms with Crippen LogP contribution in [0.3, 0.4) is 0 Å². The lowest BCUT2D eigenvalue weighted by Gasteiger charge is -2.34. The zero-order valence-corrected chi connectivity index (χ0v) is 10.1. The Labute approximate surface area is 96.8 Å². The van der Waals surface area contributed by atoms with Gasteiger partial charge in [-0.2, -0.15) is 0 Å². The number of ether oxygens (including phenoxy) is 1. The molecule has 1 aliphatic heterocycles. The van der Waals surface area contributed by atoms with Crippen molar-refractivity contribution in [3.8, 4) is 0 Å². The summed E-state index contributed by atoms with van der Waals surface area (Å²) in [6.45, 7) is 4.37. The first-order chi connectivity index (χ1) is 7.20. The predicted octanol–water partition coefficient (Wildman–Crippen LogP) is 1.05. The number of hydrogen-bond donors (Lipinski definition) is 1. The number of rotatable bonds is 1. The molecule has 5 nitrogen and oxygen atoms in total. The summed E-state index contributed by atoms with van der Waals surface area (Å²) in [6, 6.07) is 0.310. The fourth-order valence-electron chi connectivity index (χ4n) is 1.62. The van der Waals surface area contributed by atoms with Crippen LogP contribution in [0, 0.1) is 0 Å². The molecule has 0 spiro atoms. The van der Waals surface area contributed by atoms with Crippen molar-refractivity contribution in [3.63, 3.8) is 0 Å². The standard InChI is InChI=1S/C9H13BrN4O/c1-6-4-15-3-2-14(6)9-7(10)8(11)12-5-13-9/h5-6H,2-4H2,1H3,(H2,11,12,13). The second-order valence-corrected chi connectivity index (χ2v) is 4.31. The number of nitrogens with zero attached hydrogens (tertiary/aromatic N) is 3. The van der Waals surface area contributed by atoms with Crippen molar-refractivity contribution < 1.29 is 4.74 Å². The Balaban J connectivity index is 2.31. The van der Waals surface area contributed by atoms with Crippen LogP contribution in [0.1, 0.15) is 6.92 Å². The molecule has 1 unspecified atom stereocenters. The summed E-state index contributed by atoms with van der Waals surface area (Å²) in [7, 11) is 0. The highest BCUT2D eigenvalue weighted by Crippen LogP contribution is 2.29. The van der Waals surface area contributed by atoms with E-state index >= 15 is 0 Å². The number of halogens is 1. The van der Waals surface area contributed by atoms with Crippen LogP contribution in [-0.4, -0.2) is 35.8 Å². The van der Waals surface area contributed by atoms with Crippen LogP contribution < -0.4 is 10.6 Å². The number of hydrogen-bond acceptors (Lipinski definition) is 5. The monoisotopic (exact) mass is 272 g/mol. The number of nitrogens with two attached hydrogens (primary N) is 1. The third-order valence-electron chi connectivity index (χ3n) is 2.44. The van der Waals surface area contributed by atoms with Crippen molar-refractivity contribution in [1.29, 1.82) is 0 Å². The van der Waals surface area contributed by atoms with E-state index < -0.39 is 0 Å². The Morgan fingerprint density at radius 2 is 2.40 bits per heavy atom. The number of nitrogen functional groups attached to an aromatic ring is 1. The molecule has 1 saturated heterocycles. The van der Waals surface area contributed by atoms with E-state index in [9.17, 15) is 0 Å². The summed E-state index contributed by atoms with van der Waals surface area (Å²) < 4.78 is 6.13. The minimum atomic E-state index is 0.310. The van der Waals surface area contributed by atoms with Crippen LogP contribution in [0.2, 0.25) is 0 Å². The summed E-state index contributed by atoms with van der Waals surface area (Å²) in [6.07, 6.45) is 1.48. The van der Waals surface area contributed by atoms with Gasteiger partial charge in [-0.25, -0.2) is 9.97 Å². The summed E-state index contributed by atoms with van der Waals surface area (Å²) in [5, 5.41) is 0. The van der Waals surface area contributed by atoms with Crippen molar-refractivity contribution in [2.75, 3.05) is 30.4 Å². The van der Waals surface area contributed by atoms with Gasteiger partial charge >= 0.3 is 0 Å². The smallest absolute Gasteiger partial charge is 0.148 e. The van der Waals surface area contributed by atoms with Gasteiger partial charge in [0.25, 0.3) is 0 Å². The largest absolute Gasteiger partial charge is 0.383 e. The second kappa shape index (κ2) is 4.32. The van der Waals surface area contributed by atoms with E-state index in [-0.39, 0.29) is 0 Å². The fraction of sp³-hybridized carbons (Fsp3) is 0.556. The second-order valence-electron chi connectivity index (χ2n) is 3.51. The molecule has 82 valence electrons. The summed E-state index contributed by atoms with van der Waals surface area (Å²) >= 11 is 3.41. The Morgan fingerprint density at radius 1 is 1.60 bits per heavy atom.